The van der Waals surface area contributed by atoms with Crippen LogP contribution < -0.4 is 16.0 Å². The summed E-state index contributed by atoms with van der Waals surface area (Å²) in [6.45, 7) is 5.54. The SMILES string of the molecule is CC(=O)N[C@@H]1[C@H]([C@@H](NC=O)[C@H](C)O)O[C@](O)(C(=O)O)C[C@@H]1O[C@@H]1O[C@H](C)[C@H](OC(C)=O)[C@H](O[C@@H]2OC[C@@H](O)[C@H](O)[C@H]2O)[C@H]1NC(C)=O. The molecule has 47 heavy (non-hydrogen) atoms. The van der Waals surface area contributed by atoms with Crippen LogP contribution in [-0.4, -0.2) is 159 Å². The number of rotatable bonds is 12. The second kappa shape index (κ2) is 15.9. The Kier molecular flexibility index (Phi) is 13.0. The summed E-state index contributed by atoms with van der Waals surface area (Å²) in [6, 6.07) is -4.22. The molecule has 0 aliphatic carbocycles. The first-order chi connectivity index (χ1) is 21.9. The van der Waals surface area contributed by atoms with Gasteiger partial charge in [0.25, 0.3) is 5.79 Å². The number of hydrogen-bond acceptors (Lipinski definition) is 16. The fourth-order valence-corrected chi connectivity index (χ4v) is 5.77. The summed E-state index contributed by atoms with van der Waals surface area (Å²) in [4.78, 5) is 60.4. The lowest BCUT2D eigenvalue weighted by Gasteiger charge is -2.50. The van der Waals surface area contributed by atoms with Crippen molar-refractivity contribution < 1.29 is 83.0 Å². The lowest BCUT2D eigenvalue weighted by Crippen LogP contribution is -2.71. The van der Waals surface area contributed by atoms with Crippen LogP contribution >= 0.6 is 0 Å². The smallest absolute Gasteiger partial charge is 0.364 e. The van der Waals surface area contributed by atoms with Crippen molar-refractivity contribution in [1.29, 1.82) is 0 Å². The number of aliphatic hydroxyl groups excluding tert-OH is 4. The normalized spacial score (nSPS) is 40.3. The maximum Gasteiger partial charge on any atom is 0.364 e. The number of amides is 3. The topological polar surface area (TPSA) is 298 Å². The molecule has 0 bridgehead atoms. The zero-order valence-corrected chi connectivity index (χ0v) is 26.2. The maximum absolute atomic E-state index is 12.4. The Morgan fingerprint density at radius 1 is 0.957 bits per heavy atom. The molecule has 3 fully saturated rings. The van der Waals surface area contributed by atoms with Crippen molar-refractivity contribution in [3.63, 3.8) is 0 Å². The largest absolute Gasteiger partial charge is 0.477 e. The van der Waals surface area contributed by atoms with Gasteiger partial charge in [-0.15, -0.1) is 0 Å². The minimum Gasteiger partial charge on any atom is -0.477 e. The number of nitrogens with one attached hydrogen (secondary N) is 3. The maximum atomic E-state index is 12.4. The van der Waals surface area contributed by atoms with Gasteiger partial charge < -0.3 is 75.0 Å². The van der Waals surface area contributed by atoms with Crippen LogP contribution in [0.1, 0.15) is 41.0 Å². The van der Waals surface area contributed by atoms with E-state index in [0.717, 1.165) is 20.8 Å². The van der Waals surface area contributed by atoms with Crippen LogP contribution in [0.2, 0.25) is 0 Å². The van der Waals surface area contributed by atoms with Gasteiger partial charge in [-0.05, 0) is 13.8 Å². The van der Waals surface area contributed by atoms with E-state index in [1.807, 2.05) is 0 Å². The molecule has 0 aromatic rings. The first-order valence-electron chi connectivity index (χ1n) is 14.7. The molecule has 0 saturated carbocycles. The molecule has 20 heteroatoms. The van der Waals surface area contributed by atoms with E-state index < -0.39 is 128 Å². The lowest BCUT2D eigenvalue weighted by atomic mass is 9.87. The summed E-state index contributed by atoms with van der Waals surface area (Å²) >= 11 is 0. The lowest BCUT2D eigenvalue weighted by molar-refractivity contribution is -0.343. The Labute approximate surface area is 268 Å². The molecule has 0 radical (unpaired) electrons. The number of aliphatic hydroxyl groups is 5. The minimum absolute atomic E-state index is 0.198. The first-order valence-corrected chi connectivity index (χ1v) is 14.7. The number of ether oxygens (including phenoxy) is 6. The van der Waals surface area contributed by atoms with E-state index in [1.165, 1.54) is 13.8 Å². The molecule has 0 aromatic heterocycles. The quantitative estimate of drug-likeness (QED) is 0.0688. The van der Waals surface area contributed by atoms with Crippen molar-refractivity contribution in [2.75, 3.05) is 6.61 Å². The molecule has 0 spiro atoms. The zero-order chi connectivity index (χ0) is 35.4. The molecule has 3 rings (SSSR count). The van der Waals surface area contributed by atoms with Crippen LogP contribution in [0.5, 0.6) is 0 Å². The number of esters is 1. The molecule has 3 amide bonds. The fraction of sp³-hybridized carbons (Fsp3) is 0.815. The van der Waals surface area contributed by atoms with Crippen LogP contribution in [0.25, 0.3) is 0 Å². The van der Waals surface area contributed by atoms with Crippen molar-refractivity contribution in [1.82, 2.24) is 16.0 Å². The summed E-state index contributed by atoms with van der Waals surface area (Å²) < 4.78 is 34.4. The van der Waals surface area contributed by atoms with E-state index in [9.17, 15) is 54.6 Å². The molecule has 9 N–H and O–H groups in total. The van der Waals surface area contributed by atoms with E-state index in [2.05, 4.69) is 16.0 Å². The Morgan fingerprint density at radius 3 is 2.11 bits per heavy atom. The number of aliphatic carboxylic acids is 1. The van der Waals surface area contributed by atoms with Crippen molar-refractivity contribution in [3.05, 3.63) is 0 Å². The van der Waals surface area contributed by atoms with E-state index in [0.29, 0.717) is 0 Å². The van der Waals surface area contributed by atoms with Gasteiger partial charge in [-0.3, -0.25) is 19.2 Å². The average Bonchev–Trinajstić information content (AvgIpc) is 2.96. The van der Waals surface area contributed by atoms with Crippen molar-refractivity contribution >= 4 is 30.2 Å². The Bertz CT molecular complexity index is 1140. The zero-order valence-electron chi connectivity index (χ0n) is 26.2. The van der Waals surface area contributed by atoms with Gasteiger partial charge in [-0.25, -0.2) is 4.79 Å². The molecule has 3 aliphatic heterocycles. The van der Waals surface area contributed by atoms with Crippen LogP contribution in [0, 0.1) is 0 Å². The minimum atomic E-state index is -2.99. The van der Waals surface area contributed by atoms with Gasteiger partial charge in [0.2, 0.25) is 18.2 Å². The van der Waals surface area contributed by atoms with Gasteiger partial charge in [0.05, 0.1) is 37.0 Å². The van der Waals surface area contributed by atoms with E-state index in [-0.39, 0.29) is 6.41 Å². The van der Waals surface area contributed by atoms with Crippen molar-refractivity contribution in [3.8, 4) is 0 Å². The Balaban J connectivity index is 2.08. The highest BCUT2D eigenvalue weighted by molar-refractivity contribution is 5.76. The number of carbonyl (C=O) groups is 5. The van der Waals surface area contributed by atoms with Crippen LogP contribution in [0.15, 0.2) is 0 Å². The highest BCUT2D eigenvalue weighted by atomic mass is 16.7. The summed E-state index contributed by atoms with van der Waals surface area (Å²) in [5.74, 6) is -7.02. The molecule has 20 nitrogen and oxygen atoms in total. The molecule has 15 atom stereocenters. The van der Waals surface area contributed by atoms with Gasteiger partial charge in [0.1, 0.15) is 36.6 Å². The average molecular weight is 682 g/mol. The highest BCUT2D eigenvalue weighted by Gasteiger charge is 2.57. The third kappa shape index (κ3) is 9.10. The summed E-state index contributed by atoms with van der Waals surface area (Å²) in [7, 11) is 0. The summed E-state index contributed by atoms with van der Waals surface area (Å²) in [6.07, 6.45) is -17.3. The van der Waals surface area contributed by atoms with Gasteiger partial charge in [-0.1, -0.05) is 0 Å². The second-order valence-electron chi connectivity index (χ2n) is 11.7. The summed E-state index contributed by atoms with van der Waals surface area (Å²) in [5, 5.41) is 69.3. The van der Waals surface area contributed by atoms with Crippen molar-refractivity contribution in [2.24, 2.45) is 0 Å². The molecular weight excluding hydrogens is 638 g/mol. The predicted octanol–water partition coefficient (Wildman–Crippen LogP) is -5.06. The Morgan fingerprint density at radius 2 is 1.57 bits per heavy atom. The van der Waals surface area contributed by atoms with Crippen LogP contribution in [0.4, 0.5) is 0 Å². The number of carbonyl (C=O) groups excluding carboxylic acids is 4. The van der Waals surface area contributed by atoms with Gasteiger partial charge in [0.15, 0.2) is 18.7 Å². The number of carboxylic acid groups (broad SMARTS) is 1. The van der Waals surface area contributed by atoms with Gasteiger partial charge in [0, 0.05) is 27.2 Å². The molecule has 3 aliphatic rings. The predicted molar refractivity (Wildman–Crippen MR) is 149 cm³/mol. The van der Waals surface area contributed by atoms with Gasteiger partial charge >= 0.3 is 11.9 Å². The molecule has 3 heterocycles. The van der Waals surface area contributed by atoms with E-state index in [4.69, 9.17) is 28.4 Å². The van der Waals surface area contributed by atoms with E-state index in [1.54, 1.807) is 0 Å². The first kappa shape index (κ1) is 38.4. The molecule has 3 saturated heterocycles. The highest BCUT2D eigenvalue weighted by Crippen LogP contribution is 2.36. The fourth-order valence-electron chi connectivity index (χ4n) is 5.77. The third-order valence-electron chi connectivity index (χ3n) is 7.91. The number of hydrogen-bond donors (Lipinski definition) is 9. The molecule has 0 aromatic carbocycles. The Hall–Kier alpha value is -3.05. The molecular formula is C27H43N3O17. The standard InChI is InChI=1S/C27H43N3O17/c1-9(32)16(28-8-31)22-17(29-11(3)33)15(6-27(41,47-22)26(39)40)45-24-18(30-12(4)34)23(21(10(2)43-24)44-13(5)35)46-25-20(38)19(37)14(36)7-42-25/h8-10,14-25,32,36-38,41H,6-7H2,1-5H3,(H,28,31)(H,29,33)(H,30,34)(H,39,40)/t9-,10+,14+,15-,16-,17-,18+,19-,20+,21-,22-,23+,24-,25-,27-/m0/s1. The number of carboxylic acids is 1. The monoisotopic (exact) mass is 681 g/mol. The second-order valence-corrected chi connectivity index (χ2v) is 11.7. The van der Waals surface area contributed by atoms with Crippen LogP contribution in [0.3, 0.4) is 0 Å². The summed E-state index contributed by atoms with van der Waals surface area (Å²) in [5.41, 5.74) is 0. The van der Waals surface area contributed by atoms with Crippen LogP contribution in [-0.2, 0) is 52.4 Å². The van der Waals surface area contributed by atoms with Gasteiger partial charge in [-0.2, -0.15) is 0 Å². The van der Waals surface area contributed by atoms with Crippen molar-refractivity contribution in [2.45, 2.75) is 132 Å². The third-order valence-corrected chi connectivity index (χ3v) is 7.91. The van der Waals surface area contributed by atoms with E-state index >= 15 is 0 Å². The molecule has 0 unspecified atom stereocenters. The molecule has 268 valence electrons.